The van der Waals surface area contributed by atoms with Gasteiger partial charge in [0, 0.05) is 0 Å². The van der Waals surface area contributed by atoms with Crippen LogP contribution in [-0.4, -0.2) is 17.5 Å². The number of hydrogen-bond acceptors (Lipinski definition) is 4. The molecule has 0 saturated carbocycles. The Kier molecular flexibility index (Phi) is 3.25. The zero-order valence-electron chi connectivity index (χ0n) is 9.29. The summed E-state index contributed by atoms with van der Waals surface area (Å²) in [7, 11) is 0. The van der Waals surface area contributed by atoms with Gasteiger partial charge in [0.15, 0.2) is 12.4 Å². The van der Waals surface area contributed by atoms with Crippen LogP contribution in [0, 0.1) is 6.57 Å². The second-order valence-corrected chi connectivity index (χ2v) is 3.36. The molecule has 18 heavy (non-hydrogen) atoms. The largest absolute Gasteiger partial charge is 0.476 e. The molecule has 2 rings (SSSR count). The Balaban J connectivity index is 2.34. The number of amides is 1. The van der Waals surface area contributed by atoms with Crippen molar-refractivity contribution in [1.29, 1.82) is 0 Å². The van der Waals surface area contributed by atoms with Gasteiger partial charge in [-0.1, -0.05) is 0 Å². The molecule has 0 aliphatic rings. The van der Waals surface area contributed by atoms with E-state index in [4.69, 9.17) is 21.5 Å². The Hall–Kier alpha value is -2.81. The second kappa shape index (κ2) is 5.01. The zero-order valence-corrected chi connectivity index (χ0v) is 9.29. The van der Waals surface area contributed by atoms with Gasteiger partial charge in [0.25, 0.3) is 5.91 Å². The summed E-state index contributed by atoms with van der Waals surface area (Å²) in [6.07, 6.45) is 1.52. The molecule has 2 N–H and O–H groups in total. The highest BCUT2D eigenvalue weighted by Gasteiger charge is 2.10. The average Bonchev–Trinajstić information content (AvgIpc) is 2.89. The number of carbonyl (C=O) groups is 1. The molecule has 0 bridgehead atoms. The first-order chi connectivity index (χ1) is 8.70. The number of nitrogens with two attached hydrogens (primary N) is 1. The van der Waals surface area contributed by atoms with Crippen molar-refractivity contribution in [3.63, 3.8) is 0 Å². The number of furan rings is 1. The highest BCUT2D eigenvalue weighted by molar-refractivity contribution is 5.75. The maximum absolute atomic E-state index is 10.7. The molecule has 0 spiro atoms. The maximum atomic E-state index is 10.7. The molecule has 0 saturated heterocycles. The topological polar surface area (TPSA) is 82.7 Å². The monoisotopic (exact) mass is 243 g/mol. The Morgan fingerprint density at radius 3 is 2.94 bits per heavy atom. The summed E-state index contributed by atoms with van der Waals surface area (Å²) in [6, 6.07) is 6.65. The first-order valence-electron chi connectivity index (χ1n) is 5.04. The van der Waals surface area contributed by atoms with Gasteiger partial charge in [-0.25, -0.2) is 9.83 Å². The van der Waals surface area contributed by atoms with E-state index in [9.17, 15) is 4.79 Å². The van der Waals surface area contributed by atoms with E-state index in [0.29, 0.717) is 11.5 Å². The van der Waals surface area contributed by atoms with Crippen molar-refractivity contribution >= 4 is 11.6 Å². The molecule has 6 nitrogen and oxygen atoms in total. The Morgan fingerprint density at radius 2 is 2.33 bits per heavy atom. The lowest BCUT2D eigenvalue weighted by atomic mass is 10.3. The van der Waals surface area contributed by atoms with Gasteiger partial charge in [-0.05, 0) is 24.3 Å². The van der Waals surface area contributed by atoms with E-state index in [1.165, 1.54) is 6.26 Å². The predicted molar refractivity (Wildman–Crippen MR) is 62.9 cm³/mol. The lowest BCUT2D eigenvalue weighted by Crippen LogP contribution is -2.20. The molecule has 0 radical (unpaired) electrons. The van der Waals surface area contributed by atoms with Crippen LogP contribution in [0.5, 0.6) is 5.88 Å². The van der Waals surface area contributed by atoms with Crippen LogP contribution in [0.1, 0.15) is 0 Å². The van der Waals surface area contributed by atoms with Gasteiger partial charge in [0.05, 0.1) is 12.8 Å². The van der Waals surface area contributed by atoms with E-state index in [-0.39, 0.29) is 18.2 Å². The minimum Gasteiger partial charge on any atom is -0.476 e. The summed E-state index contributed by atoms with van der Waals surface area (Å²) < 4.78 is 10.3. The molecule has 0 aromatic carbocycles. The highest BCUT2D eigenvalue weighted by Crippen LogP contribution is 2.29. The number of rotatable bonds is 4. The van der Waals surface area contributed by atoms with E-state index < -0.39 is 5.91 Å². The molecule has 0 unspecified atom stereocenters. The third-order valence-corrected chi connectivity index (χ3v) is 2.09. The summed E-state index contributed by atoms with van der Waals surface area (Å²) in [5.74, 6) is -0.00992. The van der Waals surface area contributed by atoms with E-state index >= 15 is 0 Å². The molecule has 1 amide bonds. The van der Waals surface area contributed by atoms with Crippen LogP contribution in [0.3, 0.4) is 0 Å². The number of hydrogen-bond donors (Lipinski definition) is 1. The molecule has 0 aliphatic heterocycles. The van der Waals surface area contributed by atoms with Gasteiger partial charge >= 0.3 is 0 Å². The Bertz CT molecular complexity index is 600. The Morgan fingerprint density at radius 1 is 1.50 bits per heavy atom. The number of aromatic nitrogens is 1. The van der Waals surface area contributed by atoms with Crippen molar-refractivity contribution in [1.82, 2.24) is 4.98 Å². The second-order valence-electron chi connectivity index (χ2n) is 3.36. The fraction of sp³-hybridized carbons (Fsp3) is 0.0833. The van der Waals surface area contributed by atoms with Crippen LogP contribution in [0.4, 0.5) is 5.69 Å². The quantitative estimate of drug-likeness (QED) is 0.829. The van der Waals surface area contributed by atoms with Crippen molar-refractivity contribution in [3.8, 4) is 17.3 Å². The first kappa shape index (κ1) is 11.7. The van der Waals surface area contributed by atoms with Crippen molar-refractivity contribution in [2.24, 2.45) is 5.73 Å². The molecule has 6 heteroatoms. The average molecular weight is 243 g/mol. The van der Waals surface area contributed by atoms with E-state index in [2.05, 4.69) is 9.83 Å². The van der Waals surface area contributed by atoms with Gasteiger partial charge in [-0.15, -0.1) is 0 Å². The summed E-state index contributed by atoms with van der Waals surface area (Å²) in [4.78, 5) is 18.0. The van der Waals surface area contributed by atoms with Gasteiger partial charge in [0.2, 0.25) is 11.6 Å². The fourth-order valence-corrected chi connectivity index (χ4v) is 1.33. The van der Waals surface area contributed by atoms with E-state index in [1.807, 2.05) is 0 Å². The van der Waals surface area contributed by atoms with E-state index in [1.54, 1.807) is 24.3 Å². The fourth-order valence-electron chi connectivity index (χ4n) is 1.33. The molecule has 2 aromatic rings. The van der Waals surface area contributed by atoms with Crippen LogP contribution in [0.15, 0.2) is 34.9 Å². The van der Waals surface area contributed by atoms with E-state index in [0.717, 1.165) is 0 Å². The van der Waals surface area contributed by atoms with Crippen LogP contribution >= 0.6 is 0 Å². The normalized spacial score (nSPS) is 9.72. The molecule has 0 atom stereocenters. The lowest BCUT2D eigenvalue weighted by Gasteiger charge is -2.06. The number of pyridine rings is 1. The molecule has 2 aromatic heterocycles. The van der Waals surface area contributed by atoms with Crippen LogP contribution in [-0.2, 0) is 4.79 Å². The predicted octanol–water partition coefficient (Wildman–Crippen LogP) is 1.76. The third kappa shape index (κ3) is 2.47. The molecule has 2 heterocycles. The number of nitrogens with zero attached hydrogens (tertiary/aromatic N) is 2. The summed E-state index contributed by atoms with van der Waals surface area (Å²) in [5, 5.41) is 0. The first-order valence-corrected chi connectivity index (χ1v) is 5.04. The summed E-state index contributed by atoms with van der Waals surface area (Å²) in [5.41, 5.74) is 5.71. The van der Waals surface area contributed by atoms with Crippen molar-refractivity contribution in [2.75, 3.05) is 6.61 Å². The zero-order chi connectivity index (χ0) is 13.0. The summed E-state index contributed by atoms with van der Waals surface area (Å²) >= 11 is 0. The van der Waals surface area contributed by atoms with Crippen molar-refractivity contribution in [3.05, 3.63) is 41.9 Å². The lowest BCUT2D eigenvalue weighted by molar-refractivity contribution is -0.120. The highest BCUT2D eigenvalue weighted by atomic mass is 16.5. The molecule has 0 aliphatic carbocycles. The minimum absolute atomic E-state index is 0.0673. The molecule has 90 valence electrons. The SMILES string of the molecule is [C-]#[N+]c1ccc(-c2ccco2)nc1OCC(N)=O. The Labute approximate surface area is 103 Å². The minimum atomic E-state index is -0.629. The maximum Gasteiger partial charge on any atom is 0.255 e. The summed E-state index contributed by atoms with van der Waals surface area (Å²) in [6.45, 7) is 6.66. The number of carbonyl (C=O) groups excluding carboxylic acids is 1. The van der Waals surface area contributed by atoms with Crippen molar-refractivity contribution in [2.45, 2.75) is 0 Å². The number of ether oxygens (including phenoxy) is 1. The standard InChI is InChI=1S/C12H9N3O3/c1-14-9-5-4-8(10-3-2-6-17-10)15-12(9)18-7-11(13)16/h2-6H,7H2,(H2,13,16). The van der Waals surface area contributed by atoms with Crippen LogP contribution < -0.4 is 10.5 Å². The van der Waals surface area contributed by atoms with Gasteiger partial charge in [0.1, 0.15) is 5.69 Å². The smallest absolute Gasteiger partial charge is 0.255 e. The third-order valence-electron chi connectivity index (χ3n) is 2.09. The number of primary amides is 1. The van der Waals surface area contributed by atoms with Crippen LogP contribution in [0.25, 0.3) is 16.3 Å². The molecular formula is C12H9N3O3. The van der Waals surface area contributed by atoms with Crippen molar-refractivity contribution < 1.29 is 13.9 Å². The van der Waals surface area contributed by atoms with Crippen LogP contribution in [0.2, 0.25) is 0 Å². The van der Waals surface area contributed by atoms with Gasteiger partial charge < -0.3 is 14.9 Å². The molecular weight excluding hydrogens is 234 g/mol. The van der Waals surface area contributed by atoms with Gasteiger partial charge in [-0.3, -0.25) is 4.79 Å². The van der Waals surface area contributed by atoms with Gasteiger partial charge in [-0.2, -0.15) is 0 Å². The molecule has 0 fully saturated rings.